The summed E-state index contributed by atoms with van der Waals surface area (Å²) in [6.45, 7) is 11.2. The fourth-order valence-electron chi connectivity index (χ4n) is 3.79. The monoisotopic (exact) mass is 561 g/mol. The Morgan fingerprint density at radius 1 is 1.18 bits per heavy atom. The van der Waals surface area contributed by atoms with Gasteiger partial charge in [-0.2, -0.15) is 10.4 Å². The van der Waals surface area contributed by atoms with E-state index in [-0.39, 0.29) is 28.8 Å². The van der Waals surface area contributed by atoms with Crippen LogP contribution >= 0.6 is 0 Å². The Morgan fingerprint density at radius 2 is 1.85 bits per heavy atom. The van der Waals surface area contributed by atoms with Gasteiger partial charge in [0.25, 0.3) is 0 Å². The lowest BCUT2D eigenvalue weighted by Gasteiger charge is -2.26. The number of hydrogen-bond donors (Lipinski definition) is 3. The van der Waals surface area contributed by atoms with Crippen molar-refractivity contribution in [2.75, 3.05) is 18.7 Å². The highest BCUT2D eigenvalue weighted by Crippen LogP contribution is 2.40. The topological polar surface area (TPSA) is 195 Å². The minimum Gasteiger partial charge on any atom is -0.431 e. The molecule has 3 rings (SSSR count). The molecule has 3 heterocycles. The summed E-state index contributed by atoms with van der Waals surface area (Å²) >= 11 is 0. The van der Waals surface area contributed by atoms with Gasteiger partial charge in [0, 0.05) is 5.92 Å². The third-order valence-corrected chi connectivity index (χ3v) is 6.74. The van der Waals surface area contributed by atoms with Crippen LogP contribution in [0.2, 0.25) is 0 Å². The second-order valence-corrected chi connectivity index (χ2v) is 11.6. The Kier molecular flexibility index (Phi) is 8.73. The van der Waals surface area contributed by atoms with Gasteiger partial charge in [0.15, 0.2) is 5.82 Å². The molecular weight excluding hydrogens is 526 g/mol. The summed E-state index contributed by atoms with van der Waals surface area (Å²) < 4.78 is 21.5. The van der Waals surface area contributed by atoms with Gasteiger partial charge in [-0.1, -0.05) is 27.7 Å². The lowest BCUT2D eigenvalue weighted by atomic mass is 9.81. The second-order valence-electron chi connectivity index (χ2n) is 11.6. The quantitative estimate of drug-likeness (QED) is 0.329. The van der Waals surface area contributed by atoms with Crippen molar-refractivity contribution in [2.24, 2.45) is 16.7 Å². The number of nitrogens with zero attached hydrogens (tertiary/aromatic N) is 4. The highest BCUT2D eigenvalue weighted by molar-refractivity contribution is 5.95. The third-order valence-electron chi connectivity index (χ3n) is 6.74. The van der Waals surface area contributed by atoms with E-state index in [1.54, 1.807) is 27.7 Å². The molecule has 1 aliphatic rings. The molecule has 0 saturated carbocycles. The Balaban J connectivity index is 1.75. The van der Waals surface area contributed by atoms with Crippen molar-refractivity contribution in [2.45, 2.75) is 72.4 Å². The molecule has 0 spiro atoms. The maximum absolute atomic E-state index is 12.8. The smallest absolute Gasteiger partial charge is 0.431 e. The van der Waals surface area contributed by atoms with E-state index in [1.165, 1.54) is 23.0 Å². The SMILES string of the molecule is C[C@H](C(=O)Nc1ncnn2c([C@]3(C#N)O[C@H](COC(=O)OCOC(=O)C(C)(C)C)[C@@H](O)[C@H]3O)ccc12)C(C)(C)C. The van der Waals surface area contributed by atoms with E-state index in [0.717, 1.165) is 0 Å². The van der Waals surface area contributed by atoms with E-state index in [2.05, 4.69) is 15.4 Å². The summed E-state index contributed by atoms with van der Waals surface area (Å²) in [6, 6.07) is 4.89. The fraction of sp³-hybridized carbons (Fsp3) is 0.615. The first kappa shape index (κ1) is 30.7. The number of ether oxygens (including phenoxy) is 4. The second kappa shape index (κ2) is 11.4. The number of anilines is 1. The van der Waals surface area contributed by atoms with Crippen LogP contribution in [0, 0.1) is 28.1 Å². The average molecular weight is 562 g/mol. The summed E-state index contributed by atoms with van der Waals surface area (Å²) in [5, 5.41) is 38.5. The number of fused-ring (bicyclic) bond motifs is 1. The normalized spacial score (nSPS) is 23.8. The van der Waals surface area contributed by atoms with Crippen molar-refractivity contribution in [1.82, 2.24) is 14.6 Å². The first-order valence-electron chi connectivity index (χ1n) is 12.6. The molecule has 0 unspecified atom stereocenters. The predicted octanol–water partition coefficient (Wildman–Crippen LogP) is 1.89. The molecule has 1 aliphatic heterocycles. The Bertz CT molecular complexity index is 1310. The molecule has 5 atom stereocenters. The number of carbonyl (C=O) groups excluding carboxylic acids is 3. The summed E-state index contributed by atoms with van der Waals surface area (Å²) in [7, 11) is 0. The van der Waals surface area contributed by atoms with E-state index in [0.29, 0.717) is 5.52 Å². The van der Waals surface area contributed by atoms with E-state index < -0.39 is 54.9 Å². The van der Waals surface area contributed by atoms with E-state index in [4.69, 9.17) is 18.9 Å². The summed E-state index contributed by atoms with van der Waals surface area (Å²) in [5.41, 5.74) is -2.83. The van der Waals surface area contributed by atoms with Crippen molar-refractivity contribution in [3.05, 3.63) is 24.2 Å². The summed E-state index contributed by atoms with van der Waals surface area (Å²) in [4.78, 5) is 40.6. The zero-order valence-electron chi connectivity index (χ0n) is 23.5. The number of aromatic nitrogens is 3. The van der Waals surface area contributed by atoms with Gasteiger partial charge in [-0.3, -0.25) is 9.59 Å². The van der Waals surface area contributed by atoms with Gasteiger partial charge in [-0.25, -0.2) is 14.3 Å². The maximum Gasteiger partial charge on any atom is 0.511 e. The number of hydrogen-bond acceptors (Lipinski definition) is 12. The van der Waals surface area contributed by atoms with Crippen LogP contribution in [-0.4, -0.2) is 74.6 Å². The van der Waals surface area contributed by atoms with Gasteiger partial charge in [0.2, 0.25) is 18.3 Å². The molecule has 14 heteroatoms. The van der Waals surface area contributed by atoms with Crippen LogP contribution in [0.4, 0.5) is 10.6 Å². The number of nitriles is 1. The molecule has 2 aromatic rings. The Morgan fingerprint density at radius 3 is 2.45 bits per heavy atom. The predicted molar refractivity (Wildman–Crippen MR) is 137 cm³/mol. The number of esters is 1. The van der Waals surface area contributed by atoms with Crippen molar-refractivity contribution >= 4 is 29.4 Å². The fourth-order valence-corrected chi connectivity index (χ4v) is 3.79. The number of amides is 1. The molecule has 218 valence electrons. The van der Waals surface area contributed by atoms with Crippen molar-refractivity contribution < 1.29 is 43.5 Å². The zero-order valence-corrected chi connectivity index (χ0v) is 23.5. The van der Waals surface area contributed by atoms with Crippen LogP contribution in [0.5, 0.6) is 0 Å². The van der Waals surface area contributed by atoms with Gasteiger partial charge in [0.1, 0.15) is 42.8 Å². The van der Waals surface area contributed by atoms with Crippen molar-refractivity contribution in [3.63, 3.8) is 0 Å². The van der Waals surface area contributed by atoms with E-state index in [9.17, 15) is 29.9 Å². The van der Waals surface area contributed by atoms with Crippen LogP contribution in [0.1, 0.15) is 54.2 Å². The molecular formula is C26H35N5O9. The highest BCUT2D eigenvalue weighted by atomic mass is 16.8. The van der Waals surface area contributed by atoms with Gasteiger partial charge in [-0.05, 0) is 38.3 Å². The number of rotatable bonds is 7. The van der Waals surface area contributed by atoms with Crippen LogP contribution in [0.25, 0.3) is 5.52 Å². The van der Waals surface area contributed by atoms with Crippen LogP contribution < -0.4 is 5.32 Å². The number of aliphatic hydroxyl groups is 2. The lowest BCUT2D eigenvalue weighted by molar-refractivity contribution is -0.163. The first-order valence-corrected chi connectivity index (χ1v) is 12.6. The molecule has 0 bridgehead atoms. The van der Waals surface area contributed by atoms with Gasteiger partial charge in [0.05, 0.1) is 11.1 Å². The van der Waals surface area contributed by atoms with E-state index in [1.807, 2.05) is 26.8 Å². The highest BCUT2D eigenvalue weighted by Gasteiger charge is 2.58. The van der Waals surface area contributed by atoms with Gasteiger partial charge >= 0.3 is 12.1 Å². The maximum atomic E-state index is 12.8. The third kappa shape index (κ3) is 6.16. The number of carbonyl (C=O) groups is 3. The minimum atomic E-state index is -2.11. The van der Waals surface area contributed by atoms with Crippen molar-refractivity contribution in [1.29, 1.82) is 5.26 Å². The average Bonchev–Trinajstić information content (AvgIpc) is 3.41. The first-order chi connectivity index (χ1) is 18.5. The molecule has 2 aromatic heterocycles. The number of nitrogens with one attached hydrogen (secondary N) is 1. The minimum absolute atomic E-state index is 0.0532. The van der Waals surface area contributed by atoms with E-state index >= 15 is 0 Å². The van der Waals surface area contributed by atoms with Crippen LogP contribution in [0.3, 0.4) is 0 Å². The standard InChI is InChI=1S/C26H35N5O9/c1-14(24(2,3)4)21(34)30-20-15-8-9-17(31(15)29-12-28-20)26(11-27)19(33)18(32)16(40-26)10-37-23(36)39-13-38-22(35)25(5,6)7/h8-9,12,14,16,18-19,32-33H,10,13H2,1-7H3,(H,28,29,30,34)/t14-,16-,18-,19-,26+/m1/s1. The van der Waals surface area contributed by atoms with Crippen LogP contribution in [-0.2, 0) is 34.1 Å². The molecule has 40 heavy (non-hydrogen) atoms. The molecule has 1 saturated heterocycles. The Labute approximate surface area is 231 Å². The molecule has 0 radical (unpaired) electrons. The summed E-state index contributed by atoms with van der Waals surface area (Å²) in [5.74, 6) is -1.03. The molecule has 14 nitrogen and oxygen atoms in total. The summed E-state index contributed by atoms with van der Waals surface area (Å²) in [6.07, 6.45) is -4.77. The molecule has 1 amide bonds. The Hall–Kier alpha value is -3.80. The van der Waals surface area contributed by atoms with Gasteiger partial charge in [-0.15, -0.1) is 0 Å². The zero-order chi connectivity index (χ0) is 30.0. The molecule has 1 fully saturated rings. The molecule has 3 N–H and O–H groups in total. The molecule has 0 aromatic carbocycles. The molecule has 0 aliphatic carbocycles. The number of aliphatic hydroxyl groups excluding tert-OH is 2. The van der Waals surface area contributed by atoms with Crippen LogP contribution in [0.15, 0.2) is 18.5 Å². The van der Waals surface area contributed by atoms with Crippen molar-refractivity contribution in [3.8, 4) is 6.07 Å². The largest absolute Gasteiger partial charge is 0.511 e. The van der Waals surface area contributed by atoms with Gasteiger partial charge < -0.3 is 34.5 Å². The lowest BCUT2D eigenvalue weighted by Crippen LogP contribution is -2.41.